The van der Waals surface area contributed by atoms with Crippen molar-refractivity contribution in [3.63, 3.8) is 0 Å². The van der Waals surface area contributed by atoms with E-state index in [-0.39, 0.29) is 36.5 Å². The molecule has 2 aliphatic heterocycles. The first-order valence-corrected chi connectivity index (χ1v) is 8.20. The maximum Gasteiger partial charge on any atom is 0.323 e. The summed E-state index contributed by atoms with van der Waals surface area (Å²) in [7, 11) is 8.60. The summed E-state index contributed by atoms with van der Waals surface area (Å²) in [6, 6.07) is -0.325. The molecule has 22 heavy (non-hydrogen) atoms. The molecule has 7 heteroatoms. The first kappa shape index (κ1) is 15.9. The second-order valence-corrected chi connectivity index (χ2v) is 6.79. The number of carbonyl (C=O) groups excluding carboxylic acids is 2. The molecule has 1 N–H and O–H groups in total. The molecular formula is C15H22B2NO4. The van der Waals surface area contributed by atoms with Crippen LogP contribution in [0.15, 0.2) is 0 Å². The highest BCUT2D eigenvalue weighted by Crippen LogP contribution is 2.68. The van der Waals surface area contributed by atoms with Gasteiger partial charge in [-0.3, -0.25) is 9.59 Å². The van der Waals surface area contributed by atoms with Gasteiger partial charge in [-0.2, -0.15) is 0 Å². The molecule has 1 aliphatic carbocycles. The van der Waals surface area contributed by atoms with Gasteiger partial charge in [0, 0.05) is 13.3 Å². The van der Waals surface area contributed by atoms with Gasteiger partial charge in [0.1, 0.15) is 13.3 Å². The van der Waals surface area contributed by atoms with E-state index < -0.39 is 5.34 Å². The van der Waals surface area contributed by atoms with Crippen LogP contribution in [0, 0.1) is 5.92 Å². The Morgan fingerprint density at radius 2 is 2.09 bits per heavy atom. The standard InChI is InChI=1S/C15H22B2NO4/c1-10(19)21-7-4-8-22-13(20)12-9-11-5-2-3-6-14(11)15(16,17-14)18-12/h11-12,18H,2-9H2,1H3. The molecule has 2 saturated heterocycles. The molecule has 0 aromatic carbocycles. The molecule has 1 spiro atoms. The van der Waals surface area contributed by atoms with Crippen LogP contribution in [0.4, 0.5) is 0 Å². The van der Waals surface area contributed by atoms with Gasteiger partial charge >= 0.3 is 11.9 Å². The van der Waals surface area contributed by atoms with Crippen molar-refractivity contribution in [1.29, 1.82) is 0 Å². The molecule has 3 rings (SSSR count). The van der Waals surface area contributed by atoms with Gasteiger partial charge in [-0.25, -0.2) is 0 Å². The number of esters is 2. The van der Waals surface area contributed by atoms with E-state index in [9.17, 15) is 9.59 Å². The predicted octanol–water partition coefficient (Wildman–Crippen LogP) is 0.734. The highest BCUT2D eigenvalue weighted by atomic mass is 16.5. The van der Waals surface area contributed by atoms with E-state index in [1.165, 1.54) is 19.8 Å². The summed E-state index contributed by atoms with van der Waals surface area (Å²) in [6.07, 6.45) is 6.04. The maximum atomic E-state index is 12.2. The van der Waals surface area contributed by atoms with Crippen LogP contribution in [0.3, 0.4) is 0 Å². The van der Waals surface area contributed by atoms with E-state index in [4.69, 9.17) is 17.3 Å². The van der Waals surface area contributed by atoms with Gasteiger partial charge in [0.05, 0.1) is 21.1 Å². The van der Waals surface area contributed by atoms with Gasteiger partial charge in [-0.15, -0.1) is 0 Å². The Hall–Kier alpha value is -0.970. The van der Waals surface area contributed by atoms with Crippen molar-refractivity contribution in [2.24, 2.45) is 5.92 Å². The normalized spacial score (nSPS) is 39.0. The lowest BCUT2D eigenvalue weighted by Gasteiger charge is -2.44. The van der Waals surface area contributed by atoms with Crippen LogP contribution >= 0.6 is 0 Å². The molecule has 0 aromatic heterocycles. The number of piperidine rings is 1. The molecule has 2 heterocycles. The Morgan fingerprint density at radius 1 is 1.32 bits per heavy atom. The maximum absolute atomic E-state index is 12.2. The largest absolute Gasteiger partial charge is 0.466 e. The number of ether oxygens (including phenoxy) is 2. The van der Waals surface area contributed by atoms with E-state index in [1.54, 1.807) is 0 Å². The van der Waals surface area contributed by atoms with Crippen molar-refractivity contribution in [2.45, 2.75) is 62.1 Å². The van der Waals surface area contributed by atoms with Crippen LogP contribution in [-0.4, -0.2) is 51.7 Å². The Balaban J connectivity index is 1.47. The van der Waals surface area contributed by atoms with Crippen molar-refractivity contribution in [1.82, 2.24) is 5.32 Å². The summed E-state index contributed by atoms with van der Waals surface area (Å²) >= 11 is 0. The molecule has 0 aromatic rings. The minimum atomic E-state index is -0.488. The Kier molecular flexibility index (Phi) is 4.27. The summed E-state index contributed by atoms with van der Waals surface area (Å²) in [4.78, 5) is 22.9. The zero-order chi connectivity index (χ0) is 15.8. The quantitative estimate of drug-likeness (QED) is 0.461. The first-order valence-electron chi connectivity index (χ1n) is 8.20. The average Bonchev–Trinajstić information content (AvgIpc) is 3.08. The number of nitrogens with one attached hydrogen (secondary N) is 1. The second-order valence-electron chi connectivity index (χ2n) is 6.79. The number of rotatable bonds is 5. The van der Waals surface area contributed by atoms with E-state index >= 15 is 0 Å². The van der Waals surface area contributed by atoms with Crippen molar-refractivity contribution in [2.75, 3.05) is 13.2 Å². The van der Waals surface area contributed by atoms with Crippen molar-refractivity contribution in [3.05, 3.63) is 0 Å². The fraction of sp³-hybridized carbons (Fsp3) is 0.867. The Labute approximate surface area is 133 Å². The van der Waals surface area contributed by atoms with Gasteiger partial charge in [0.25, 0.3) is 0 Å². The molecule has 4 unspecified atom stereocenters. The molecule has 4 atom stereocenters. The molecule has 117 valence electrons. The van der Waals surface area contributed by atoms with E-state index in [0.29, 0.717) is 12.3 Å². The van der Waals surface area contributed by atoms with Gasteiger partial charge in [0.15, 0.2) is 0 Å². The molecule has 3 radical (unpaired) electrons. The summed E-state index contributed by atoms with van der Waals surface area (Å²) in [6.45, 7) is 1.91. The lowest BCUT2D eigenvalue weighted by molar-refractivity contribution is -0.148. The third-order valence-corrected chi connectivity index (χ3v) is 5.35. The van der Waals surface area contributed by atoms with Crippen molar-refractivity contribution >= 4 is 27.1 Å². The first-order chi connectivity index (χ1) is 10.5. The second kappa shape index (κ2) is 5.91. The molecular weight excluding hydrogens is 280 g/mol. The van der Waals surface area contributed by atoms with E-state index in [1.807, 2.05) is 0 Å². The smallest absolute Gasteiger partial charge is 0.323 e. The molecule has 3 fully saturated rings. The Bertz CT molecular complexity index is 474. The van der Waals surface area contributed by atoms with Crippen LogP contribution in [0.5, 0.6) is 0 Å². The van der Waals surface area contributed by atoms with E-state index in [2.05, 4.69) is 12.6 Å². The van der Waals surface area contributed by atoms with Gasteiger partial charge in [-0.1, -0.05) is 31.0 Å². The predicted molar refractivity (Wildman–Crippen MR) is 82.6 cm³/mol. The summed E-state index contributed by atoms with van der Waals surface area (Å²) < 4.78 is 10.1. The van der Waals surface area contributed by atoms with Crippen LogP contribution in [-0.2, 0) is 19.1 Å². The van der Waals surface area contributed by atoms with E-state index in [0.717, 1.165) is 19.3 Å². The average molecular weight is 302 g/mol. The highest BCUT2D eigenvalue weighted by molar-refractivity contribution is 6.72. The van der Waals surface area contributed by atoms with Crippen LogP contribution in [0.25, 0.3) is 0 Å². The molecule has 5 nitrogen and oxygen atoms in total. The van der Waals surface area contributed by atoms with Gasteiger partial charge in [-0.05, 0) is 17.7 Å². The van der Waals surface area contributed by atoms with Crippen LogP contribution in [0.1, 0.15) is 45.4 Å². The summed E-state index contributed by atoms with van der Waals surface area (Å²) in [5.41, 5.74) is 0. The third-order valence-electron chi connectivity index (χ3n) is 5.35. The third kappa shape index (κ3) is 2.80. The number of hydrogen-bond acceptors (Lipinski definition) is 5. The monoisotopic (exact) mass is 302 g/mol. The topological polar surface area (TPSA) is 64.6 Å². The zero-order valence-corrected chi connectivity index (χ0v) is 13.1. The highest BCUT2D eigenvalue weighted by Gasteiger charge is 2.70. The minimum absolute atomic E-state index is 0.108. The number of carbonyl (C=O) groups is 2. The SMILES string of the molecule is [B]C12[B]C13CCCCC3CC(C(=O)OCCCOC(C)=O)N2. The van der Waals surface area contributed by atoms with Crippen LogP contribution in [0.2, 0.25) is 5.31 Å². The zero-order valence-electron chi connectivity index (χ0n) is 13.1. The minimum Gasteiger partial charge on any atom is -0.466 e. The summed E-state index contributed by atoms with van der Waals surface area (Å²) in [5, 5.41) is 2.90. The lowest BCUT2D eigenvalue weighted by Crippen LogP contribution is -2.54. The van der Waals surface area contributed by atoms with Gasteiger partial charge < -0.3 is 14.8 Å². The summed E-state index contributed by atoms with van der Waals surface area (Å²) in [5.74, 6) is -0.0681. The number of hydrogen-bond donors (Lipinski definition) is 1. The van der Waals surface area contributed by atoms with Gasteiger partial charge in [0.2, 0.25) is 0 Å². The van der Waals surface area contributed by atoms with Crippen molar-refractivity contribution < 1.29 is 19.1 Å². The molecule has 0 bridgehead atoms. The fourth-order valence-electron chi connectivity index (χ4n) is 4.21. The fourth-order valence-corrected chi connectivity index (χ4v) is 4.21. The lowest BCUT2D eigenvalue weighted by atomic mass is 9.63. The molecule has 1 saturated carbocycles. The van der Waals surface area contributed by atoms with Crippen molar-refractivity contribution in [3.8, 4) is 0 Å². The van der Waals surface area contributed by atoms with Crippen LogP contribution < -0.4 is 5.32 Å². The Morgan fingerprint density at radius 3 is 2.86 bits per heavy atom. The molecule has 0 amide bonds. The molecule has 3 aliphatic rings.